The summed E-state index contributed by atoms with van der Waals surface area (Å²) < 4.78 is 14.0. The molecule has 0 saturated carbocycles. The van der Waals surface area contributed by atoms with Crippen molar-refractivity contribution >= 4 is 23.4 Å². The van der Waals surface area contributed by atoms with Crippen LogP contribution in [0.2, 0.25) is 5.02 Å². The molecule has 0 aliphatic carbocycles. The van der Waals surface area contributed by atoms with Crippen LogP contribution in [-0.2, 0) is 6.42 Å². The van der Waals surface area contributed by atoms with Crippen molar-refractivity contribution in [3.8, 4) is 0 Å². The molecule has 0 heterocycles. The minimum absolute atomic E-state index is 0.105. The molecular weight excluding hydrogens is 505 g/mol. The van der Waals surface area contributed by atoms with E-state index in [1.54, 1.807) is 29.2 Å². The van der Waals surface area contributed by atoms with Crippen LogP contribution in [0.1, 0.15) is 78.8 Å². The van der Waals surface area contributed by atoms with E-state index in [0.717, 1.165) is 31.4 Å². The van der Waals surface area contributed by atoms with Crippen molar-refractivity contribution in [3.05, 3.63) is 69.5 Å². The molecule has 0 radical (unpaired) electrons. The number of aliphatic hydroxyl groups is 1. The van der Waals surface area contributed by atoms with Gasteiger partial charge in [-0.25, -0.2) is 4.39 Å². The van der Waals surface area contributed by atoms with Gasteiger partial charge in [-0.3, -0.25) is 9.59 Å². The number of nitrogens with zero attached hydrogens (tertiary/aromatic N) is 1. The fraction of sp³-hybridized carbons (Fsp3) is 0.533. The van der Waals surface area contributed by atoms with E-state index in [2.05, 4.69) is 24.5 Å². The zero-order valence-corrected chi connectivity index (χ0v) is 24.1. The second-order valence-electron chi connectivity index (χ2n) is 10.4. The Labute approximate surface area is 232 Å². The van der Waals surface area contributed by atoms with E-state index in [1.807, 2.05) is 20.8 Å². The van der Waals surface area contributed by atoms with Gasteiger partial charge in [0.25, 0.3) is 11.8 Å². The van der Waals surface area contributed by atoms with Gasteiger partial charge in [-0.15, -0.1) is 0 Å². The van der Waals surface area contributed by atoms with Crippen molar-refractivity contribution in [2.45, 2.75) is 72.4 Å². The summed E-state index contributed by atoms with van der Waals surface area (Å²) in [4.78, 5) is 28.4. The number of carbonyl (C=O) groups is 2. The molecule has 0 saturated heterocycles. The van der Waals surface area contributed by atoms with Crippen LogP contribution in [0, 0.1) is 18.7 Å². The number of carbonyl (C=O) groups excluding carboxylic acids is 2. The molecule has 2 atom stereocenters. The number of hydrogen-bond acceptors (Lipinski definition) is 4. The van der Waals surface area contributed by atoms with Gasteiger partial charge >= 0.3 is 0 Å². The highest BCUT2D eigenvalue weighted by Crippen LogP contribution is 2.18. The van der Waals surface area contributed by atoms with E-state index < -0.39 is 23.9 Å². The lowest BCUT2D eigenvalue weighted by atomic mass is 9.99. The van der Waals surface area contributed by atoms with E-state index >= 15 is 0 Å². The summed E-state index contributed by atoms with van der Waals surface area (Å²) in [5.41, 5.74) is 2.15. The van der Waals surface area contributed by atoms with Crippen molar-refractivity contribution in [1.82, 2.24) is 15.5 Å². The number of aryl methyl sites for hydroxylation is 1. The average molecular weight is 548 g/mol. The fourth-order valence-corrected chi connectivity index (χ4v) is 4.62. The lowest BCUT2D eigenvalue weighted by Crippen LogP contribution is -2.49. The summed E-state index contributed by atoms with van der Waals surface area (Å²) in [5, 5.41) is 17.4. The molecule has 0 aliphatic heterocycles. The lowest BCUT2D eigenvalue weighted by molar-refractivity contribution is 0.0755. The van der Waals surface area contributed by atoms with Crippen LogP contribution in [0.15, 0.2) is 36.4 Å². The SMILES string of the molecule is CCCN(CCC)C(=O)c1cc(C)cc(C(=O)N[C@@H](Cc2cc(F)cc(Cl)c2)[C@H](O)CNCCC(C)C)c1. The van der Waals surface area contributed by atoms with Gasteiger partial charge in [0.1, 0.15) is 5.82 Å². The van der Waals surface area contributed by atoms with Crippen molar-refractivity contribution in [1.29, 1.82) is 0 Å². The normalized spacial score (nSPS) is 12.9. The van der Waals surface area contributed by atoms with Crippen LogP contribution in [0.5, 0.6) is 0 Å². The van der Waals surface area contributed by atoms with E-state index in [1.165, 1.54) is 12.1 Å². The van der Waals surface area contributed by atoms with Gasteiger partial charge in [0.05, 0.1) is 12.1 Å². The highest BCUT2D eigenvalue weighted by atomic mass is 35.5. The smallest absolute Gasteiger partial charge is 0.253 e. The molecule has 0 unspecified atom stereocenters. The first-order valence-electron chi connectivity index (χ1n) is 13.6. The van der Waals surface area contributed by atoms with Gasteiger partial charge < -0.3 is 20.6 Å². The molecular formula is C30H43ClFN3O3. The Bertz CT molecular complexity index is 1040. The third-order valence-electron chi connectivity index (χ3n) is 6.27. The molecule has 0 bridgehead atoms. The molecule has 2 aromatic rings. The van der Waals surface area contributed by atoms with Gasteiger partial charge in [-0.05, 0) is 92.6 Å². The fourth-order valence-electron chi connectivity index (χ4n) is 4.38. The number of hydrogen-bond donors (Lipinski definition) is 3. The maximum atomic E-state index is 14.0. The largest absolute Gasteiger partial charge is 0.390 e. The molecule has 2 amide bonds. The Hall–Kier alpha value is -2.48. The number of nitrogens with one attached hydrogen (secondary N) is 2. The zero-order chi connectivity index (χ0) is 28.2. The van der Waals surface area contributed by atoms with Crippen LogP contribution >= 0.6 is 11.6 Å². The Morgan fingerprint density at radius 3 is 2.29 bits per heavy atom. The number of rotatable bonds is 15. The zero-order valence-electron chi connectivity index (χ0n) is 23.3. The molecule has 3 N–H and O–H groups in total. The van der Waals surface area contributed by atoms with Gasteiger partial charge in [0.2, 0.25) is 0 Å². The Balaban J connectivity index is 2.27. The highest BCUT2D eigenvalue weighted by molar-refractivity contribution is 6.30. The topological polar surface area (TPSA) is 81.7 Å². The second-order valence-corrected chi connectivity index (χ2v) is 10.8. The first kappa shape index (κ1) is 31.7. The molecule has 0 fully saturated rings. The van der Waals surface area contributed by atoms with Gasteiger partial charge in [-0.2, -0.15) is 0 Å². The minimum atomic E-state index is -0.927. The molecule has 0 spiro atoms. The maximum absolute atomic E-state index is 14.0. The molecule has 2 rings (SSSR count). The number of amides is 2. The second kappa shape index (κ2) is 15.8. The first-order chi connectivity index (χ1) is 18.0. The number of aliphatic hydroxyl groups excluding tert-OH is 1. The van der Waals surface area contributed by atoms with Crippen LogP contribution in [0.4, 0.5) is 4.39 Å². The van der Waals surface area contributed by atoms with Crippen LogP contribution in [0.3, 0.4) is 0 Å². The standard InChI is InChI=1S/C30H43ClFN3O3/c1-6-10-35(11-7-2)30(38)24-13-21(5)12-23(17-24)29(37)34-27(28(36)19-33-9-8-20(3)4)16-22-14-25(31)18-26(32)15-22/h12-15,17-18,20,27-28,33,36H,6-11,16,19H2,1-5H3,(H,34,37)/t27-,28+/m0/s1. The van der Waals surface area contributed by atoms with Crippen LogP contribution < -0.4 is 10.6 Å². The first-order valence-corrected chi connectivity index (χ1v) is 14.0. The van der Waals surface area contributed by atoms with E-state index in [0.29, 0.717) is 35.7 Å². The number of benzene rings is 2. The van der Waals surface area contributed by atoms with Gasteiger partial charge in [0.15, 0.2) is 0 Å². The van der Waals surface area contributed by atoms with Crippen molar-refractivity contribution < 1.29 is 19.1 Å². The average Bonchev–Trinajstić information content (AvgIpc) is 2.84. The summed E-state index contributed by atoms with van der Waals surface area (Å²) >= 11 is 6.04. The third kappa shape index (κ3) is 10.4. The van der Waals surface area contributed by atoms with Gasteiger partial charge in [0, 0.05) is 35.8 Å². The Kier molecular flexibility index (Phi) is 13.2. The van der Waals surface area contributed by atoms with Crippen molar-refractivity contribution in [2.75, 3.05) is 26.2 Å². The van der Waals surface area contributed by atoms with E-state index in [-0.39, 0.29) is 23.9 Å². The Morgan fingerprint density at radius 2 is 1.68 bits per heavy atom. The van der Waals surface area contributed by atoms with Crippen LogP contribution in [0.25, 0.3) is 0 Å². The monoisotopic (exact) mass is 547 g/mol. The molecule has 6 nitrogen and oxygen atoms in total. The summed E-state index contributed by atoms with van der Waals surface area (Å²) in [6.45, 7) is 12.4. The summed E-state index contributed by atoms with van der Waals surface area (Å²) in [7, 11) is 0. The quantitative estimate of drug-likeness (QED) is 0.261. The number of halogens is 2. The third-order valence-corrected chi connectivity index (χ3v) is 6.49. The van der Waals surface area contributed by atoms with Crippen molar-refractivity contribution in [2.24, 2.45) is 5.92 Å². The van der Waals surface area contributed by atoms with Crippen molar-refractivity contribution in [3.63, 3.8) is 0 Å². The predicted octanol–water partition coefficient (Wildman–Crippen LogP) is 5.39. The molecule has 0 aromatic heterocycles. The lowest BCUT2D eigenvalue weighted by Gasteiger charge is -2.26. The maximum Gasteiger partial charge on any atom is 0.253 e. The molecule has 210 valence electrons. The summed E-state index contributed by atoms with van der Waals surface area (Å²) in [6.07, 6.45) is 1.91. The summed E-state index contributed by atoms with van der Waals surface area (Å²) in [6, 6.07) is 8.60. The van der Waals surface area contributed by atoms with E-state index in [4.69, 9.17) is 11.6 Å². The molecule has 38 heavy (non-hydrogen) atoms. The van der Waals surface area contributed by atoms with E-state index in [9.17, 15) is 19.1 Å². The predicted molar refractivity (Wildman–Crippen MR) is 152 cm³/mol. The molecule has 8 heteroatoms. The summed E-state index contributed by atoms with van der Waals surface area (Å²) in [5.74, 6) is -0.470. The molecule has 2 aromatic carbocycles. The van der Waals surface area contributed by atoms with Gasteiger partial charge in [-0.1, -0.05) is 39.3 Å². The Morgan fingerprint density at radius 1 is 1.03 bits per heavy atom. The minimum Gasteiger partial charge on any atom is -0.390 e. The molecule has 0 aliphatic rings. The highest BCUT2D eigenvalue weighted by Gasteiger charge is 2.24. The van der Waals surface area contributed by atoms with Crippen LogP contribution in [-0.4, -0.2) is 60.1 Å².